The SMILES string of the molecule is CCC(C)NC(=O)C1COc2ccc(S(=O)(=O)Cl)cc2C1. The van der Waals surface area contributed by atoms with Crippen molar-refractivity contribution in [3.05, 3.63) is 23.8 Å². The molecule has 1 aliphatic rings. The first-order valence-corrected chi connectivity index (χ1v) is 9.13. The second-order valence-corrected chi connectivity index (χ2v) is 7.80. The standard InChI is InChI=1S/C14H18ClNO4S/c1-3-9(2)16-14(17)11-6-10-7-12(21(15,18)19)4-5-13(10)20-8-11/h4-5,7,9,11H,3,6,8H2,1-2H3,(H,16,17). The topological polar surface area (TPSA) is 72.5 Å². The minimum absolute atomic E-state index is 0.0227. The summed E-state index contributed by atoms with van der Waals surface area (Å²) >= 11 is 0. The molecule has 21 heavy (non-hydrogen) atoms. The molecule has 1 amide bonds. The molecule has 0 saturated carbocycles. The number of ether oxygens (including phenoxy) is 1. The fraction of sp³-hybridized carbons (Fsp3) is 0.500. The monoisotopic (exact) mass is 331 g/mol. The van der Waals surface area contributed by atoms with Gasteiger partial charge in [-0.2, -0.15) is 0 Å². The quantitative estimate of drug-likeness (QED) is 0.857. The van der Waals surface area contributed by atoms with Crippen LogP contribution in [0.4, 0.5) is 0 Å². The molecule has 0 aliphatic carbocycles. The van der Waals surface area contributed by atoms with E-state index in [1.54, 1.807) is 6.07 Å². The molecule has 2 unspecified atom stereocenters. The third-order valence-corrected chi connectivity index (χ3v) is 4.94. The molecular weight excluding hydrogens is 314 g/mol. The molecule has 1 heterocycles. The van der Waals surface area contributed by atoms with Crippen molar-refractivity contribution in [2.24, 2.45) is 5.92 Å². The molecule has 5 nitrogen and oxygen atoms in total. The van der Waals surface area contributed by atoms with Crippen molar-refractivity contribution in [2.45, 2.75) is 37.6 Å². The van der Waals surface area contributed by atoms with Crippen molar-refractivity contribution in [2.75, 3.05) is 6.61 Å². The molecule has 0 spiro atoms. The summed E-state index contributed by atoms with van der Waals surface area (Å²) in [5.41, 5.74) is 0.687. The third kappa shape index (κ3) is 3.89. The van der Waals surface area contributed by atoms with E-state index in [4.69, 9.17) is 15.4 Å². The van der Waals surface area contributed by atoms with E-state index in [0.29, 0.717) is 24.3 Å². The molecule has 1 aromatic rings. The smallest absolute Gasteiger partial charge is 0.261 e. The summed E-state index contributed by atoms with van der Waals surface area (Å²) < 4.78 is 28.3. The highest BCUT2D eigenvalue weighted by atomic mass is 35.7. The Balaban J connectivity index is 2.17. The van der Waals surface area contributed by atoms with Gasteiger partial charge in [0.1, 0.15) is 12.4 Å². The van der Waals surface area contributed by atoms with Crippen LogP contribution in [0.2, 0.25) is 0 Å². The fourth-order valence-corrected chi connectivity index (χ4v) is 2.96. The van der Waals surface area contributed by atoms with Crippen molar-refractivity contribution >= 4 is 25.6 Å². The molecule has 0 saturated heterocycles. The van der Waals surface area contributed by atoms with E-state index in [0.717, 1.165) is 6.42 Å². The van der Waals surface area contributed by atoms with Crippen LogP contribution >= 0.6 is 10.7 Å². The van der Waals surface area contributed by atoms with E-state index in [1.807, 2.05) is 13.8 Å². The third-order valence-electron chi connectivity index (χ3n) is 3.59. The predicted octanol–water partition coefficient (Wildman–Crippen LogP) is 2.08. The van der Waals surface area contributed by atoms with Gasteiger partial charge in [0.15, 0.2) is 0 Å². The predicted molar refractivity (Wildman–Crippen MR) is 80.1 cm³/mol. The number of amides is 1. The lowest BCUT2D eigenvalue weighted by atomic mass is 9.95. The summed E-state index contributed by atoms with van der Waals surface area (Å²) in [5, 5.41) is 2.91. The van der Waals surface area contributed by atoms with Crippen LogP contribution in [-0.4, -0.2) is 27.0 Å². The van der Waals surface area contributed by atoms with Crippen LogP contribution in [0.3, 0.4) is 0 Å². The Morgan fingerprint density at radius 1 is 1.52 bits per heavy atom. The van der Waals surface area contributed by atoms with Gasteiger partial charge in [0.2, 0.25) is 5.91 Å². The van der Waals surface area contributed by atoms with Gasteiger partial charge < -0.3 is 10.1 Å². The van der Waals surface area contributed by atoms with Gasteiger partial charge in [0.25, 0.3) is 9.05 Å². The van der Waals surface area contributed by atoms with Crippen LogP contribution < -0.4 is 10.1 Å². The van der Waals surface area contributed by atoms with Crippen LogP contribution in [0.5, 0.6) is 5.75 Å². The zero-order valence-electron chi connectivity index (χ0n) is 11.9. The van der Waals surface area contributed by atoms with Gasteiger partial charge in [-0.25, -0.2) is 8.42 Å². The van der Waals surface area contributed by atoms with Gasteiger partial charge in [0.05, 0.1) is 10.8 Å². The van der Waals surface area contributed by atoms with Gasteiger partial charge in [-0.1, -0.05) is 6.92 Å². The molecule has 1 aromatic carbocycles. The highest BCUT2D eigenvalue weighted by molar-refractivity contribution is 8.13. The second-order valence-electron chi connectivity index (χ2n) is 5.24. The summed E-state index contributed by atoms with van der Waals surface area (Å²) in [4.78, 5) is 12.1. The van der Waals surface area contributed by atoms with Crippen molar-refractivity contribution in [1.29, 1.82) is 0 Å². The van der Waals surface area contributed by atoms with E-state index in [-0.39, 0.29) is 22.8 Å². The first-order valence-electron chi connectivity index (χ1n) is 6.82. The van der Waals surface area contributed by atoms with Crippen molar-refractivity contribution < 1.29 is 17.9 Å². The van der Waals surface area contributed by atoms with Crippen LogP contribution in [0, 0.1) is 5.92 Å². The zero-order valence-corrected chi connectivity index (χ0v) is 13.5. The van der Waals surface area contributed by atoms with Gasteiger partial charge in [-0.3, -0.25) is 4.79 Å². The lowest BCUT2D eigenvalue weighted by molar-refractivity contribution is -0.126. The van der Waals surface area contributed by atoms with E-state index in [1.165, 1.54) is 12.1 Å². The molecule has 0 aromatic heterocycles. The number of benzene rings is 1. The fourth-order valence-electron chi connectivity index (χ4n) is 2.15. The highest BCUT2D eigenvalue weighted by Gasteiger charge is 2.27. The number of carbonyl (C=O) groups excluding carboxylic acids is 1. The molecule has 0 bridgehead atoms. The van der Waals surface area contributed by atoms with Crippen LogP contribution in [0.25, 0.3) is 0 Å². The van der Waals surface area contributed by atoms with Crippen LogP contribution in [0.1, 0.15) is 25.8 Å². The Labute approximate surface area is 129 Å². The maximum atomic E-state index is 12.1. The number of carbonyl (C=O) groups is 1. The first kappa shape index (κ1) is 16.1. The Morgan fingerprint density at radius 2 is 2.24 bits per heavy atom. The molecular formula is C14H18ClNO4S. The molecule has 1 N–H and O–H groups in total. The second kappa shape index (κ2) is 6.23. The van der Waals surface area contributed by atoms with Gasteiger partial charge >= 0.3 is 0 Å². The molecule has 7 heteroatoms. The van der Waals surface area contributed by atoms with Gasteiger partial charge in [-0.15, -0.1) is 0 Å². The van der Waals surface area contributed by atoms with Gasteiger partial charge in [-0.05, 0) is 43.5 Å². The molecule has 0 radical (unpaired) electrons. The highest BCUT2D eigenvalue weighted by Crippen LogP contribution is 2.30. The summed E-state index contributed by atoms with van der Waals surface area (Å²) in [7, 11) is 1.56. The number of hydrogen-bond donors (Lipinski definition) is 1. The number of fused-ring (bicyclic) bond motifs is 1. The maximum Gasteiger partial charge on any atom is 0.261 e. The first-order chi connectivity index (χ1) is 9.81. The number of nitrogens with one attached hydrogen (secondary N) is 1. The maximum absolute atomic E-state index is 12.1. The van der Waals surface area contributed by atoms with E-state index >= 15 is 0 Å². The molecule has 2 atom stereocenters. The zero-order chi connectivity index (χ0) is 15.6. The van der Waals surface area contributed by atoms with Crippen LogP contribution in [-0.2, 0) is 20.3 Å². The van der Waals surface area contributed by atoms with E-state index in [9.17, 15) is 13.2 Å². The lowest BCUT2D eigenvalue weighted by Gasteiger charge is -2.26. The Morgan fingerprint density at radius 3 is 2.86 bits per heavy atom. The molecule has 1 aliphatic heterocycles. The summed E-state index contributed by atoms with van der Waals surface area (Å²) in [6.45, 7) is 4.23. The van der Waals surface area contributed by atoms with Crippen LogP contribution in [0.15, 0.2) is 23.1 Å². The lowest BCUT2D eigenvalue weighted by Crippen LogP contribution is -2.41. The van der Waals surface area contributed by atoms with E-state index in [2.05, 4.69) is 5.32 Å². The summed E-state index contributed by atoms with van der Waals surface area (Å²) in [5.74, 6) is 0.209. The normalized spacial score (nSPS) is 19.3. The van der Waals surface area contributed by atoms with Crippen molar-refractivity contribution in [3.8, 4) is 5.75 Å². The summed E-state index contributed by atoms with van der Waals surface area (Å²) in [6.07, 6.45) is 1.29. The summed E-state index contributed by atoms with van der Waals surface area (Å²) in [6, 6.07) is 4.56. The van der Waals surface area contributed by atoms with Crippen molar-refractivity contribution in [3.63, 3.8) is 0 Å². The average Bonchev–Trinajstić information content (AvgIpc) is 2.44. The Kier molecular flexibility index (Phi) is 4.78. The number of halogens is 1. The van der Waals surface area contributed by atoms with Crippen molar-refractivity contribution in [1.82, 2.24) is 5.32 Å². The Hall–Kier alpha value is -1.27. The number of rotatable bonds is 4. The minimum Gasteiger partial charge on any atom is -0.492 e. The largest absolute Gasteiger partial charge is 0.492 e. The molecule has 2 rings (SSSR count). The molecule has 0 fully saturated rings. The molecule has 116 valence electrons. The van der Waals surface area contributed by atoms with Gasteiger partial charge in [0, 0.05) is 16.7 Å². The van der Waals surface area contributed by atoms with E-state index < -0.39 is 9.05 Å². The Bertz CT molecular complexity index is 644. The number of hydrogen-bond acceptors (Lipinski definition) is 4. The average molecular weight is 332 g/mol. The minimum atomic E-state index is -3.78.